The van der Waals surface area contributed by atoms with Gasteiger partial charge in [-0.3, -0.25) is 4.98 Å². The van der Waals surface area contributed by atoms with Gasteiger partial charge in [-0.2, -0.15) is 0 Å². The summed E-state index contributed by atoms with van der Waals surface area (Å²) in [6.45, 7) is 5.25. The third kappa shape index (κ3) is 4.62. The molecule has 1 aromatic rings. The van der Waals surface area contributed by atoms with Crippen LogP contribution in [0.3, 0.4) is 0 Å². The Bertz CT molecular complexity index is 287. The molecule has 0 spiro atoms. The summed E-state index contributed by atoms with van der Waals surface area (Å²) >= 11 is 6.86. The molecule has 1 aromatic heterocycles. The van der Waals surface area contributed by atoms with Crippen LogP contribution < -0.4 is 5.32 Å². The summed E-state index contributed by atoms with van der Waals surface area (Å²) in [6.07, 6.45) is 1.83. The first-order valence-corrected chi connectivity index (χ1v) is 6.94. The topological polar surface area (TPSA) is 24.9 Å². The maximum Gasteiger partial charge on any atom is 0.0542 e. The molecule has 2 unspecified atom stereocenters. The van der Waals surface area contributed by atoms with Crippen LogP contribution in [0.4, 0.5) is 0 Å². The van der Waals surface area contributed by atoms with E-state index in [1.54, 1.807) is 0 Å². The highest BCUT2D eigenvalue weighted by molar-refractivity contribution is 9.10. The molecule has 1 heterocycles. The van der Waals surface area contributed by atoms with Crippen molar-refractivity contribution >= 4 is 31.9 Å². The Hall–Kier alpha value is 0.0700. The summed E-state index contributed by atoms with van der Waals surface area (Å²) in [5, 5.41) is 4.48. The monoisotopic (exact) mass is 334 g/mol. The lowest BCUT2D eigenvalue weighted by Crippen LogP contribution is -2.32. The molecule has 0 aromatic carbocycles. The van der Waals surface area contributed by atoms with Gasteiger partial charge in [-0.1, -0.05) is 22.9 Å². The minimum absolute atomic E-state index is 0.495. The van der Waals surface area contributed by atoms with Gasteiger partial charge in [0.05, 0.1) is 5.69 Å². The highest BCUT2D eigenvalue weighted by Gasteiger charge is 2.09. The third-order valence-corrected chi connectivity index (χ3v) is 3.98. The molecule has 15 heavy (non-hydrogen) atoms. The molecule has 0 fully saturated rings. The summed E-state index contributed by atoms with van der Waals surface area (Å²) in [5.41, 5.74) is 1.08. The summed E-state index contributed by atoms with van der Waals surface area (Å²) in [6, 6.07) is 4.54. The minimum atomic E-state index is 0.495. The highest BCUT2D eigenvalue weighted by atomic mass is 79.9. The van der Waals surface area contributed by atoms with Gasteiger partial charge in [0.15, 0.2) is 0 Å². The van der Waals surface area contributed by atoms with Gasteiger partial charge in [0.1, 0.15) is 0 Å². The SMILES string of the molecule is CC(CBr)C(C)NCc1ccc(Br)cn1. The number of hydrogen-bond acceptors (Lipinski definition) is 2. The van der Waals surface area contributed by atoms with Gasteiger partial charge in [-0.15, -0.1) is 0 Å². The van der Waals surface area contributed by atoms with Crippen molar-refractivity contribution in [1.82, 2.24) is 10.3 Å². The molecule has 1 N–H and O–H groups in total. The van der Waals surface area contributed by atoms with Crippen LogP contribution in [0, 0.1) is 5.92 Å². The molecule has 84 valence electrons. The number of nitrogens with zero attached hydrogens (tertiary/aromatic N) is 1. The molecule has 0 radical (unpaired) electrons. The first-order valence-electron chi connectivity index (χ1n) is 5.03. The first-order chi connectivity index (χ1) is 7.13. The fourth-order valence-corrected chi connectivity index (χ4v) is 1.91. The molecule has 0 saturated carbocycles. The number of aromatic nitrogens is 1. The van der Waals surface area contributed by atoms with E-state index in [4.69, 9.17) is 0 Å². The number of halogens is 2. The minimum Gasteiger partial charge on any atom is -0.308 e. The predicted octanol–water partition coefficient (Wildman–Crippen LogP) is 3.35. The van der Waals surface area contributed by atoms with E-state index in [1.165, 1.54) is 0 Å². The molecular weight excluding hydrogens is 320 g/mol. The molecular formula is C11H16Br2N2. The number of nitrogens with one attached hydrogen (secondary N) is 1. The predicted molar refractivity (Wildman–Crippen MR) is 71.2 cm³/mol. The maximum atomic E-state index is 4.31. The fraction of sp³-hybridized carbons (Fsp3) is 0.545. The Kier molecular flexibility index (Phi) is 5.79. The quantitative estimate of drug-likeness (QED) is 0.835. The van der Waals surface area contributed by atoms with Crippen LogP contribution in [0.1, 0.15) is 19.5 Å². The molecule has 4 heteroatoms. The molecule has 0 bridgehead atoms. The van der Waals surface area contributed by atoms with Crippen molar-refractivity contribution in [3.8, 4) is 0 Å². The standard InChI is InChI=1S/C11H16Br2N2/c1-8(5-12)9(2)14-7-11-4-3-10(13)6-15-11/h3-4,6,8-9,14H,5,7H2,1-2H3. The number of pyridine rings is 1. The largest absolute Gasteiger partial charge is 0.308 e. The lowest BCUT2D eigenvalue weighted by Gasteiger charge is -2.18. The van der Waals surface area contributed by atoms with Crippen LogP contribution in [0.15, 0.2) is 22.8 Å². The number of rotatable bonds is 5. The van der Waals surface area contributed by atoms with Crippen LogP contribution in [-0.2, 0) is 6.54 Å². The van der Waals surface area contributed by atoms with Crippen molar-refractivity contribution in [2.24, 2.45) is 5.92 Å². The Balaban J connectivity index is 2.40. The normalized spacial score (nSPS) is 14.9. The molecule has 2 nitrogen and oxygen atoms in total. The van der Waals surface area contributed by atoms with Crippen molar-refractivity contribution in [3.63, 3.8) is 0 Å². The summed E-state index contributed by atoms with van der Waals surface area (Å²) in [5.74, 6) is 0.625. The first kappa shape index (κ1) is 13.1. The van der Waals surface area contributed by atoms with Crippen molar-refractivity contribution in [3.05, 3.63) is 28.5 Å². The van der Waals surface area contributed by atoms with E-state index in [-0.39, 0.29) is 0 Å². The van der Waals surface area contributed by atoms with Gasteiger partial charge in [-0.25, -0.2) is 0 Å². The van der Waals surface area contributed by atoms with Gasteiger partial charge >= 0.3 is 0 Å². The lowest BCUT2D eigenvalue weighted by atomic mass is 10.1. The Morgan fingerprint density at radius 3 is 2.67 bits per heavy atom. The second kappa shape index (κ2) is 6.61. The number of hydrogen-bond donors (Lipinski definition) is 1. The molecule has 0 aliphatic heterocycles. The zero-order valence-electron chi connectivity index (χ0n) is 9.00. The van der Waals surface area contributed by atoms with Gasteiger partial charge in [-0.05, 0) is 40.9 Å². The van der Waals surface area contributed by atoms with Gasteiger partial charge in [0, 0.05) is 28.6 Å². The summed E-state index contributed by atoms with van der Waals surface area (Å²) in [7, 11) is 0. The van der Waals surface area contributed by atoms with Gasteiger partial charge < -0.3 is 5.32 Å². The zero-order chi connectivity index (χ0) is 11.3. The van der Waals surface area contributed by atoms with Crippen molar-refractivity contribution in [2.75, 3.05) is 5.33 Å². The maximum absolute atomic E-state index is 4.31. The molecule has 0 aliphatic carbocycles. The van der Waals surface area contributed by atoms with Crippen molar-refractivity contribution in [1.29, 1.82) is 0 Å². The van der Waals surface area contributed by atoms with Crippen LogP contribution in [0.5, 0.6) is 0 Å². The highest BCUT2D eigenvalue weighted by Crippen LogP contribution is 2.09. The van der Waals surface area contributed by atoms with E-state index in [0.29, 0.717) is 12.0 Å². The molecule has 0 aliphatic rings. The fourth-order valence-electron chi connectivity index (χ4n) is 1.11. The summed E-state index contributed by atoms with van der Waals surface area (Å²) < 4.78 is 1.02. The van der Waals surface area contributed by atoms with Gasteiger partial charge in [0.25, 0.3) is 0 Å². The van der Waals surface area contributed by atoms with E-state index in [1.807, 2.05) is 18.3 Å². The molecule has 1 rings (SSSR count). The smallest absolute Gasteiger partial charge is 0.0542 e. The van der Waals surface area contributed by atoms with E-state index in [9.17, 15) is 0 Å². The van der Waals surface area contributed by atoms with Crippen LogP contribution >= 0.6 is 31.9 Å². The Morgan fingerprint density at radius 1 is 1.40 bits per heavy atom. The van der Waals surface area contributed by atoms with E-state index < -0.39 is 0 Å². The van der Waals surface area contributed by atoms with E-state index in [0.717, 1.165) is 22.0 Å². The zero-order valence-corrected chi connectivity index (χ0v) is 12.2. The van der Waals surface area contributed by atoms with Crippen LogP contribution in [-0.4, -0.2) is 16.4 Å². The average molecular weight is 336 g/mol. The average Bonchev–Trinajstić information content (AvgIpc) is 2.26. The number of alkyl halides is 1. The Morgan fingerprint density at radius 2 is 2.13 bits per heavy atom. The molecule has 2 atom stereocenters. The second-order valence-electron chi connectivity index (χ2n) is 3.77. The van der Waals surface area contributed by atoms with Gasteiger partial charge in [0.2, 0.25) is 0 Å². The van der Waals surface area contributed by atoms with Crippen molar-refractivity contribution < 1.29 is 0 Å². The molecule has 0 saturated heterocycles. The molecule has 0 amide bonds. The van der Waals surface area contributed by atoms with E-state index >= 15 is 0 Å². The third-order valence-electron chi connectivity index (χ3n) is 2.49. The Labute approximate surface area is 108 Å². The second-order valence-corrected chi connectivity index (χ2v) is 5.33. The van der Waals surface area contributed by atoms with E-state index in [2.05, 4.69) is 56.0 Å². The lowest BCUT2D eigenvalue weighted by molar-refractivity contribution is 0.431. The van der Waals surface area contributed by atoms with Crippen LogP contribution in [0.2, 0.25) is 0 Å². The van der Waals surface area contributed by atoms with Crippen molar-refractivity contribution in [2.45, 2.75) is 26.4 Å². The summed E-state index contributed by atoms with van der Waals surface area (Å²) in [4.78, 5) is 4.31. The van der Waals surface area contributed by atoms with Crippen LogP contribution in [0.25, 0.3) is 0 Å².